The lowest BCUT2D eigenvalue weighted by molar-refractivity contribution is -0.137. The predicted molar refractivity (Wildman–Crippen MR) is 106 cm³/mol. The molecule has 0 aliphatic heterocycles. The number of aliphatic imine (C=N–C) groups is 1. The summed E-state index contributed by atoms with van der Waals surface area (Å²) in [6, 6.07) is 5.03. The molecule has 138 valence electrons. The van der Waals surface area contributed by atoms with Gasteiger partial charge in [-0.1, -0.05) is 12.1 Å². The van der Waals surface area contributed by atoms with E-state index in [9.17, 15) is 13.2 Å². The SMILES string of the molecule is CCNC(=NCc1csc(-c2ccc(C(F)(F)F)cc2)n1)NCC.I. The van der Waals surface area contributed by atoms with Gasteiger partial charge in [-0.2, -0.15) is 13.2 Å². The lowest BCUT2D eigenvalue weighted by Crippen LogP contribution is -2.36. The Morgan fingerprint density at radius 2 is 1.72 bits per heavy atom. The number of rotatable bonds is 5. The molecule has 0 radical (unpaired) electrons. The molecule has 1 aromatic carbocycles. The summed E-state index contributed by atoms with van der Waals surface area (Å²) < 4.78 is 37.8. The highest BCUT2D eigenvalue weighted by atomic mass is 127. The van der Waals surface area contributed by atoms with Crippen LogP contribution in [0, 0.1) is 0 Å². The summed E-state index contributed by atoms with van der Waals surface area (Å²) in [5, 5.41) is 8.79. The zero-order chi connectivity index (χ0) is 17.6. The minimum atomic E-state index is -4.32. The fourth-order valence-corrected chi connectivity index (χ4v) is 2.80. The number of alkyl halides is 3. The minimum absolute atomic E-state index is 0. The van der Waals surface area contributed by atoms with Crippen molar-refractivity contribution >= 4 is 41.3 Å². The predicted octanol–water partition coefficient (Wildman–Crippen LogP) is 4.52. The minimum Gasteiger partial charge on any atom is -0.357 e. The zero-order valence-electron chi connectivity index (χ0n) is 13.9. The Morgan fingerprint density at radius 1 is 1.12 bits per heavy atom. The summed E-state index contributed by atoms with van der Waals surface area (Å²) in [4.78, 5) is 8.86. The molecule has 2 N–H and O–H groups in total. The van der Waals surface area contributed by atoms with Crippen molar-refractivity contribution in [1.29, 1.82) is 0 Å². The van der Waals surface area contributed by atoms with Crippen LogP contribution in [0.2, 0.25) is 0 Å². The molecule has 0 bridgehead atoms. The number of guanidine groups is 1. The smallest absolute Gasteiger partial charge is 0.357 e. The molecule has 4 nitrogen and oxygen atoms in total. The highest BCUT2D eigenvalue weighted by Crippen LogP contribution is 2.31. The highest BCUT2D eigenvalue weighted by Gasteiger charge is 2.30. The van der Waals surface area contributed by atoms with Crippen molar-refractivity contribution in [3.8, 4) is 10.6 Å². The van der Waals surface area contributed by atoms with Gasteiger partial charge in [0, 0.05) is 24.0 Å². The molecule has 9 heteroatoms. The third kappa shape index (κ3) is 6.46. The first kappa shape index (κ1) is 21.7. The number of thiazole rings is 1. The Morgan fingerprint density at radius 3 is 2.24 bits per heavy atom. The summed E-state index contributed by atoms with van der Waals surface area (Å²) in [6.07, 6.45) is -4.32. The van der Waals surface area contributed by atoms with Gasteiger partial charge in [0.25, 0.3) is 0 Å². The molecule has 1 aromatic heterocycles. The van der Waals surface area contributed by atoms with Gasteiger partial charge in [-0.3, -0.25) is 0 Å². The molecule has 0 aliphatic rings. The maximum absolute atomic E-state index is 12.6. The van der Waals surface area contributed by atoms with Crippen LogP contribution < -0.4 is 10.6 Å². The van der Waals surface area contributed by atoms with Gasteiger partial charge in [0.15, 0.2) is 5.96 Å². The van der Waals surface area contributed by atoms with Crippen LogP contribution >= 0.6 is 35.3 Å². The fourth-order valence-electron chi connectivity index (χ4n) is 1.98. The number of benzene rings is 1. The van der Waals surface area contributed by atoms with Crippen LogP contribution in [-0.2, 0) is 12.7 Å². The molecule has 0 saturated heterocycles. The van der Waals surface area contributed by atoms with Crippen LogP contribution in [0.4, 0.5) is 13.2 Å². The van der Waals surface area contributed by atoms with Crippen molar-refractivity contribution in [2.75, 3.05) is 13.1 Å². The average Bonchev–Trinajstić information content (AvgIpc) is 3.01. The lowest BCUT2D eigenvalue weighted by atomic mass is 10.1. The standard InChI is InChI=1S/C16H19F3N4S.HI/c1-3-20-15(21-4-2)22-9-13-10-24-14(23-13)11-5-7-12(8-6-11)16(17,18)19;/h5-8,10H,3-4,9H2,1-2H3,(H2,20,21,22);1H. The van der Waals surface area contributed by atoms with Crippen LogP contribution in [-0.4, -0.2) is 24.0 Å². The van der Waals surface area contributed by atoms with E-state index in [1.54, 1.807) is 0 Å². The van der Waals surface area contributed by atoms with Crippen molar-refractivity contribution in [2.45, 2.75) is 26.6 Å². The third-order valence-corrected chi connectivity index (χ3v) is 4.04. The van der Waals surface area contributed by atoms with Crippen LogP contribution in [0.15, 0.2) is 34.6 Å². The number of nitrogens with one attached hydrogen (secondary N) is 2. The van der Waals surface area contributed by atoms with E-state index in [1.807, 2.05) is 19.2 Å². The van der Waals surface area contributed by atoms with E-state index in [-0.39, 0.29) is 24.0 Å². The first-order valence-electron chi connectivity index (χ1n) is 7.58. The molecule has 0 fully saturated rings. The van der Waals surface area contributed by atoms with E-state index in [0.717, 1.165) is 30.9 Å². The van der Waals surface area contributed by atoms with Gasteiger partial charge in [-0.15, -0.1) is 35.3 Å². The van der Waals surface area contributed by atoms with Gasteiger partial charge < -0.3 is 10.6 Å². The second-order valence-electron chi connectivity index (χ2n) is 4.94. The molecular formula is C16H20F3IN4S. The largest absolute Gasteiger partial charge is 0.416 e. The first-order valence-corrected chi connectivity index (χ1v) is 8.46. The van der Waals surface area contributed by atoms with Gasteiger partial charge in [0.05, 0.1) is 17.8 Å². The summed E-state index contributed by atoms with van der Waals surface area (Å²) in [6.45, 7) is 5.91. The maximum Gasteiger partial charge on any atom is 0.416 e. The fraction of sp³-hybridized carbons (Fsp3) is 0.375. The van der Waals surface area contributed by atoms with E-state index in [0.29, 0.717) is 23.1 Å². The third-order valence-electron chi connectivity index (χ3n) is 3.10. The van der Waals surface area contributed by atoms with Crippen LogP contribution in [0.5, 0.6) is 0 Å². The molecular weight excluding hydrogens is 464 g/mol. The monoisotopic (exact) mass is 484 g/mol. The van der Waals surface area contributed by atoms with Crippen molar-refractivity contribution in [3.05, 3.63) is 40.9 Å². The van der Waals surface area contributed by atoms with Gasteiger partial charge in [0.1, 0.15) is 5.01 Å². The molecule has 0 saturated carbocycles. The van der Waals surface area contributed by atoms with Crippen LogP contribution in [0.3, 0.4) is 0 Å². The molecule has 2 rings (SSSR count). The normalized spacial score (nSPS) is 10.8. The molecule has 25 heavy (non-hydrogen) atoms. The summed E-state index contributed by atoms with van der Waals surface area (Å²) in [5.74, 6) is 0.712. The Labute approximate surface area is 166 Å². The Hall–Kier alpha value is -1.36. The lowest BCUT2D eigenvalue weighted by Gasteiger charge is -2.08. The maximum atomic E-state index is 12.6. The molecule has 0 unspecified atom stereocenters. The topological polar surface area (TPSA) is 49.3 Å². The summed E-state index contributed by atoms with van der Waals surface area (Å²) in [5.41, 5.74) is 0.790. The Bertz CT molecular complexity index is 675. The van der Waals surface area contributed by atoms with Crippen molar-refractivity contribution in [1.82, 2.24) is 15.6 Å². The van der Waals surface area contributed by atoms with E-state index in [4.69, 9.17) is 0 Å². The average molecular weight is 484 g/mol. The van der Waals surface area contributed by atoms with Crippen molar-refractivity contribution in [2.24, 2.45) is 4.99 Å². The summed E-state index contributed by atoms with van der Waals surface area (Å²) >= 11 is 1.39. The zero-order valence-corrected chi connectivity index (χ0v) is 17.0. The quantitative estimate of drug-likeness (QED) is 0.373. The van der Waals surface area contributed by atoms with Crippen LogP contribution in [0.25, 0.3) is 10.6 Å². The van der Waals surface area contributed by atoms with E-state index < -0.39 is 11.7 Å². The van der Waals surface area contributed by atoms with Crippen molar-refractivity contribution < 1.29 is 13.2 Å². The van der Waals surface area contributed by atoms with Gasteiger partial charge in [0.2, 0.25) is 0 Å². The molecule has 0 aliphatic carbocycles. The molecule has 0 spiro atoms. The highest BCUT2D eigenvalue weighted by molar-refractivity contribution is 14.0. The van der Waals surface area contributed by atoms with E-state index in [1.165, 1.54) is 23.5 Å². The number of hydrogen-bond donors (Lipinski definition) is 2. The van der Waals surface area contributed by atoms with Gasteiger partial charge in [-0.25, -0.2) is 9.98 Å². The van der Waals surface area contributed by atoms with Gasteiger partial charge in [-0.05, 0) is 26.0 Å². The second-order valence-corrected chi connectivity index (χ2v) is 5.80. The second kappa shape index (κ2) is 9.95. The molecule has 2 aromatic rings. The Kier molecular flexibility index (Phi) is 8.63. The summed E-state index contributed by atoms with van der Waals surface area (Å²) in [7, 11) is 0. The number of aromatic nitrogens is 1. The molecule has 1 heterocycles. The molecule has 0 amide bonds. The van der Waals surface area contributed by atoms with Crippen LogP contribution in [0.1, 0.15) is 25.1 Å². The number of nitrogens with zero attached hydrogens (tertiary/aromatic N) is 2. The number of hydrogen-bond acceptors (Lipinski definition) is 3. The van der Waals surface area contributed by atoms with E-state index in [2.05, 4.69) is 20.6 Å². The molecule has 0 atom stereocenters. The number of halogens is 4. The van der Waals surface area contributed by atoms with Crippen molar-refractivity contribution in [3.63, 3.8) is 0 Å². The first-order chi connectivity index (χ1) is 11.4. The van der Waals surface area contributed by atoms with E-state index >= 15 is 0 Å². The Balaban J connectivity index is 0.00000312. The van der Waals surface area contributed by atoms with Gasteiger partial charge >= 0.3 is 6.18 Å².